The molecule has 3 heteroatoms. The lowest BCUT2D eigenvalue weighted by atomic mass is 9.74. The topological polar surface area (TPSA) is 37.4 Å². The third-order valence-corrected chi connectivity index (χ3v) is 6.14. The number of nitrogens with zero attached hydrogens (tertiary/aromatic N) is 1. The second-order valence-corrected chi connectivity index (χ2v) is 7.61. The highest BCUT2D eigenvalue weighted by Gasteiger charge is 2.52. The molecule has 134 valence electrons. The van der Waals surface area contributed by atoms with E-state index in [4.69, 9.17) is 0 Å². The van der Waals surface area contributed by atoms with Crippen LogP contribution in [0.5, 0.6) is 0 Å². The molecule has 0 aliphatic heterocycles. The van der Waals surface area contributed by atoms with E-state index in [-0.39, 0.29) is 23.5 Å². The van der Waals surface area contributed by atoms with Gasteiger partial charge in [-0.1, -0.05) is 60.7 Å². The van der Waals surface area contributed by atoms with Crippen molar-refractivity contribution in [3.8, 4) is 0 Å². The minimum Gasteiger partial charge on any atom is -0.329 e. The Morgan fingerprint density at radius 1 is 1.00 bits per heavy atom. The number of rotatable bonds is 4. The zero-order valence-electron chi connectivity index (χ0n) is 15.2. The van der Waals surface area contributed by atoms with Gasteiger partial charge < -0.3 is 4.90 Å². The van der Waals surface area contributed by atoms with Gasteiger partial charge in [0.2, 0.25) is 5.91 Å². The van der Waals surface area contributed by atoms with E-state index in [1.54, 1.807) is 4.90 Å². The molecule has 2 aliphatic carbocycles. The predicted octanol–water partition coefficient (Wildman–Crippen LogP) is 4.29. The molecule has 2 aromatic rings. The Kier molecular flexibility index (Phi) is 4.39. The van der Waals surface area contributed by atoms with Gasteiger partial charge in [0, 0.05) is 19.4 Å². The van der Waals surface area contributed by atoms with Crippen LogP contribution in [0.15, 0.2) is 60.7 Å². The first kappa shape index (κ1) is 17.0. The number of hydrogen-bond donors (Lipinski definition) is 0. The summed E-state index contributed by atoms with van der Waals surface area (Å²) in [6, 6.07) is 20.1. The van der Waals surface area contributed by atoms with Gasteiger partial charge in [0.25, 0.3) is 0 Å². The van der Waals surface area contributed by atoms with Crippen molar-refractivity contribution in [2.24, 2.45) is 5.92 Å². The first-order valence-corrected chi connectivity index (χ1v) is 9.56. The molecule has 0 bridgehead atoms. The van der Waals surface area contributed by atoms with E-state index < -0.39 is 5.54 Å². The van der Waals surface area contributed by atoms with Crippen LogP contribution in [0.4, 0.5) is 0 Å². The smallest absolute Gasteiger partial charge is 0.227 e. The van der Waals surface area contributed by atoms with Crippen molar-refractivity contribution >= 4 is 11.7 Å². The highest BCUT2D eigenvalue weighted by Crippen LogP contribution is 2.50. The van der Waals surface area contributed by atoms with Crippen LogP contribution in [0.2, 0.25) is 0 Å². The third-order valence-electron chi connectivity index (χ3n) is 6.14. The van der Waals surface area contributed by atoms with Crippen LogP contribution in [0.1, 0.15) is 49.1 Å². The van der Waals surface area contributed by atoms with Crippen molar-refractivity contribution in [1.82, 2.24) is 4.90 Å². The maximum atomic E-state index is 13.3. The van der Waals surface area contributed by atoms with Gasteiger partial charge in [0.15, 0.2) is 5.78 Å². The largest absolute Gasteiger partial charge is 0.329 e. The zero-order chi connectivity index (χ0) is 18.1. The van der Waals surface area contributed by atoms with Crippen molar-refractivity contribution in [1.29, 1.82) is 0 Å². The summed E-state index contributed by atoms with van der Waals surface area (Å²) in [6.07, 6.45) is 4.06. The van der Waals surface area contributed by atoms with E-state index in [0.717, 1.165) is 31.2 Å². The van der Waals surface area contributed by atoms with E-state index in [1.165, 1.54) is 5.56 Å². The molecule has 0 saturated heterocycles. The Morgan fingerprint density at radius 2 is 1.65 bits per heavy atom. The van der Waals surface area contributed by atoms with Gasteiger partial charge in [0.05, 0.1) is 0 Å². The van der Waals surface area contributed by atoms with E-state index >= 15 is 0 Å². The van der Waals surface area contributed by atoms with Gasteiger partial charge in [-0.3, -0.25) is 9.59 Å². The summed E-state index contributed by atoms with van der Waals surface area (Å²) < 4.78 is 0. The van der Waals surface area contributed by atoms with E-state index in [1.807, 2.05) is 55.6 Å². The zero-order valence-corrected chi connectivity index (χ0v) is 15.2. The van der Waals surface area contributed by atoms with Crippen molar-refractivity contribution in [3.05, 3.63) is 71.8 Å². The van der Waals surface area contributed by atoms with Gasteiger partial charge in [-0.2, -0.15) is 0 Å². The molecule has 0 aromatic heterocycles. The Bertz CT molecular complexity index is 801. The summed E-state index contributed by atoms with van der Waals surface area (Å²) in [5.41, 5.74) is 1.39. The van der Waals surface area contributed by atoms with Crippen LogP contribution < -0.4 is 0 Å². The molecule has 0 N–H and O–H groups in total. The quantitative estimate of drug-likeness (QED) is 0.827. The fourth-order valence-electron chi connectivity index (χ4n) is 4.55. The number of carbonyl (C=O) groups excluding carboxylic acids is 2. The van der Waals surface area contributed by atoms with Crippen LogP contribution in [0.3, 0.4) is 0 Å². The summed E-state index contributed by atoms with van der Waals surface area (Å²) in [6.45, 7) is 0. The predicted molar refractivity (Wildman–Crippen MR) is 102 cm³/mol. The molecule has 2 aliphatic rings. The minimum atomic E-state index is -0.791. The number of carbonyl (C=O) groups is 2. The Labute approximate surface area is 155 Å². The van der Waals surface area contributed by atoms with Crippen molar-refractivity contribution in [3.63, 3.8) is 0 Å². The molecule has 3 nitrogen and oxygen atoms in total. The molecule has 0 spiro atoms. The molecule has 1 amide bonds. The molecule has 2 aromatic carbocycles. The number of ketones is 1. The molecular weight excluding hydrogens is 322 g/mol. The lowest BCUT2D eigenvalue weighted by Gasteiger charge is -2.43. The monoisotopic (exact) mass is 347 g/mol. The third kappa shape index (κ3) is 2.76. The second-order valence-electron chi connectivity index (χ2n) is 7.61. The standard InChI is InChI=1S/C23H25NO2/c1-24(22(26)20-16-19(20)17-10-4-2-5-11-17)23(15-9-8-14-21(23)25)18-12-6-3-7-13-18/h2-7,10-13,19-20H,8-9,14-16H2,1H3. The van der Waals surface area contributed by atoms with E-state index in [2.05, 4.69) is 12.1 Å². The molecular formula is C23H25NO2. The molecule has 3 unspecified atom stereocenters. The maximum absolute atomic E-state index is 13.3. The minimum absolute atomic E-state index is 0.00212. The van der Waals surface area contributed by atoms with Crippen LogP contribution in [-0.4, -0.2) is 23.6 Å². The van der Waals surface area contributed by atoms with Gasteiger partial charge in [0.1, 0.15) is 5.54 Å². The lowest BCUT2D eigenvalue weighted by molar-refractivity contribution is -0.149. The molecule has 3 atom stereocenters. The highest BCUT2D eigenvalue weighted by atomic mass is 16.2. The first-order valence-electron chi connectivity index (χ1n) is 9.56. The molecule has 2 fully saturated rings. The number of hydrogen-bond acceptors (Lipinski definition) is 2. The number of amides is 1. The average Bonchev–Trinajstić information content (AvgIpc) is 3.50. The molecule has 2 saturated carbocycles. The normalized spacial score (nSPS) is 27.8. The van der Waals surface area contributed by atoms with E-state index in [0.29, 0.717) is 6.42 Å². The van der Waals surface area contributed by atoms with Crippen LogP contribution >= 0.6 is 0 Å². The summed E-state index contributed by atoms with van der Waals surface area (Å²) in [5, 5.41) is 0. The van der Waals surface area contributed by atoms with Crippen LogP contribution in [0.25, 0.3) is 0 Å². The molecule has 0 radical (unpaired) electrons. The first-order chi connectivity index (χ1) is 12.6. The fourth-order valence-corrected chi connectivity index (χ4v) is 4.55. The Morgan fingerprint density at radius 3 is 2.31 bits per heavy atom. The summed E-state index contributed by atoms with van der Waals surface area (Å²) in [4.78, 5) is 28.1. The lowest BCUT2D eigenvalue weighted by Crippen LogP contribution is -2.54. The molecule has 4 rings (SSSR count). The molecule has 0 heterocycles. The number of likely N-dealkylation sites (N-methyl/N-ethyl adjacent to an activating group) is 1. The molecule has 26 heavy (non-hydrogen) atoms. The number of Topliss-reactive ketones (excluding diaryl/α,β-unsaturated/α-hetero) is 1. The van der Waals surface area contributed by atoms with Gasteiger partial charge >= 0.3 is 0 Å². The van der Waals surface area contributed by atoms with Gasteiger partial charge in [-0.05, 0) is 42.7 Å². The van der Waals surface area contributed by atoms with Crippen molar-refractivity contribution in [2.45, 2.75) is 43.6 Å². The van der Waals surface area contributed by atoms with E-state index in [9.17, 15) is 9.59 Å². The van der Waals surface area contributed by atoms with Gasteiger partial charge in [-0.25, -0.2) is 0 Å². The second kappa shape index (κ2) is 6.71. The van der Waals surface area contributed by atoms with Crippen molar-refractivity contribution < 1.29 is 9.59 Å². The maximum Gasteiger partial charge on any atom is 0.227 e. The van der Waals surface area contributed by atoms with Gasteiger partial charge in [-0.15, -0.1) is 0 Å². The summed E-state index contributed by atoms with van der Waals surface area (Å²) >= 11 is 0. The van der Waals surface area contributed by atoms with Crippen molar-refractivity contribution in [2.75, 3.05) is 7.05 Å². The fraction of sp³-hybridized carbons (Fsp3) is 0.391. The van der Waals surface area contributed by atoms with Crippen LogP contribution in [-0.2, 0) is 15.1 Å². The van der Waals surface area contributed by atoms with Crippen LogP contribution in [0, 0.1) is 5.92 Å². The number of benzene rings is 2. The summed E-state index contributed by atoms with van der Waals surface area (Å²) in [7, 11) is 1.83. The summed E-state index contributed by atoms with van der Waals surface area (Å²) in [5.74, 6) is 0.580. The Balaban J connectivity index is 1.62. The average molecular weight is 347 g/mol. The SMILES string of the molecule is CN(C(=O)C1CC1c1ccccc1)C1(c2ccccc2)CCCCC1=O. The Hall–Kier alpha value is -2.42. The highest BCUT2D eigenvalue weighted by molar-refractivity contribution is 5.95.